The normalized spacial score (nSPS) is 10.7. The molecule has 3 aromatic rings. The zero-order valence-corrected chi connectivity index (χ0v) is 13.4. The molecule has 3 rings (SSSR count). The Kier molecular flexibility index (Phi) is 4.37. The molecule has 1 N–H and O–H groups in total. The summed E-state index contributed by atoms with van der Waals surface area (Å²) in [4.78, 5) is 24.5. The number of nitrogens with zero attached hydrogens (tertiary/aromatic N) is 1. The summed E-state index contributed by atoms with van der Waals surface area (Å²) in [6.45, 7) is -0.105. The van der Waals surface area contributed by atoms with E-state index in [1.165, 1.54) is 4.57 Å². The third-order valence-corrected chi connectivity index (χ3v) is 3.97. The van der Waals surface area contributed by atoms with E-state index in [0.717, 1.165) is 5.39 Å². The maximum Gasteiger partial charge on any atom is 0.258 e. The van der Waals surface area contributed by atoms with Gasteiger partial charge >= 0.3 is 0 Å². The molecule has 0 unspecified atom stereocenters. The Balaban J connectivity index is 1.84. The lowest BCUT2D eigenvalue weighted by Gasteiger charge is -2.10. The highest BCUT2D eigenvalue weighted by molar-refractivity contribution is 6.35. The Hall–Kier alpha value is -2.30. The first-order valence-electron chi connectivity index (χ1n) is 6.88. The van der Waals surface area contributed by atoms with Crippen molar-refractivity contribution in [2.45, 2.75) is 6.54 Å². The van der Waals surface area contributed by atoms with Crippen LogP contribution in [0.15, 0.2) is 59.5 Å². The van der Waals surface area contributed by atoms with Gasteiger partial charge in [0.1, 0.15) is 6.54 Å². The number of hydrogen-bond acceptors (Lipinski definition) is 2. The number of nitrogens with one attached hydrogen (secondary N) is 1. The molecule has 116 valence electrons. The lowest BCUT2D eigenvalue weighted by molar-refractivity contribution is -0.116. The Labute approximate surface area is 142 Å². The maximum atomic E-state index is 12.4. The van der Waals surface area contributed by atoms with Crippen molar-refractivity contribution >= 4 is 45.6 Å². The molecule has 4 nitrogen and oxygen atoms in total. The molecule has 1 aromatic heterocycles. The lowest BCUT2D eigenvalue weighted by Crippen LogP contribution is -2.27. The zero-order chi connectivity index (χ0) is 16.4. The van der Waals surface area contributed by atoms with Crippen LogP contribution in [0, 0.1) is 0 Å². The number of aromatic nitrogens is 1. The molecule has 0 atom stereocenters. The number of fused-ring (bicyclic) bond motifs is 1. The van der Waals surface area contributed by atoms with Crippen molar-refractivity contribution in [3.63, 3.8) is 0 Å². The largest absolute Gasteiger partial charge is 0.323 e. The lowest BCUT2D eigenvalue weighted by atomic mass is 10.2. The van der Waals surface area contributed by atoms with E-state index in [2.05, 4.69) is 5.32 Å². The molecule has 6 heteroatoms. The molecule has 1 amide bonds. The van der Waals surface area contributed by atoms with Crippen LogP contribution < -0.4 is 10.9 Å². The summed E-state index contributed by atoms with van der Waals surface area (Å²) < 4.78 is 1.36. The second-order valence-corrected chi connectivity index (χ2v) is 5.85. The van der Waals surface area contributed by atoms with Crippen LogP contribution in [0.4, 0.5) is 5.69 Å². The summed E-state index contributed by atoms with van der Waals surface area (Å²) in [6.07, 6.45) is 1.60. The number of benzene rings is 2. The number of carbonyl (C=O) groups is 1. The van der Waals surface area contributed by atoms with E-state index in [9.17, 15) is 9.59 Å². The molecule has 0 saturated heterocycles. The van der Waals surface area contributed by atoms with Gasteiger partial charge in [-0.2, -0.15) is 0 Å². The van der Waals surface area contributed by atoms with E-state index in [1.54, 1.807) is 42.6 Å². The molecule has 1 heterocycles. The Bertz CT molecular complexity index is 951. The van der Waals surface area contributed by atoms with Crippen LogP contribution in [0.5, 0.6) is 0 Å². The van der Waals surface area contributed by atoms with Gasteiger partial charge in [-0.15, -0.1) is 0 Å². The first kappa shape index (κ1) is 15.6. The minimum Gasteiger partial charge on any atom is -0.323 e. The highest BCUT2D eigenvalue weighted by Gasteiger charge is 2.09. The van der Waals surface area contributed by atoms with Crippen molar-refractivity contribution in [3.05, 3.63) is 75.1 Å². The van der Waals surface area contributed by atoms with Gasteiger partial charge in [0.15, 0.2) is 0 Å². The molecule has 0 aliphatic heterocycles. The van der Waals surface area contributed by atoms with Gasteiger partial charge in [-0.3, -0.25) is 9.59 Å². The van der Waals surface area contributed by atoms with Crippen molar-refractivity contribution in [1.82, 2.24) is 4.57 Å². The number of amides is 1. The highest BCUT2D eigenvalue weighted by Crippen LogP contribution is 2.25. The molecule has 0 radical (unpaired) electrons. The topological polar surface area (TPSA) is 51.1 Å². The van der Waals surface area contributed by atoms with E-state index >= 15 is 0 Å². The Morgan fingerprint density at radius 3 is 2.70 bits per heavy atom. The van der Waals surface area contributed by atoms with Gasteiger partial charge in [0.05, 0.1) is 10.7 Å². The molecule has 0 aliphatic carbocycles. The average molecular weight is 347 g/mol. The van der Waals surface area contributed by atoms with Crippen molar-refractivity contribution in [1.29, 1.82) is 0 Å². The van der Waals surface area contributed by atoms with Crippen LogP contribution >= 0.6 is 23.2 Å². The van der Waals surface area contributed by atoms with Crippen LogP contribution in [-0.2, 0) is 11.3 Å². The molecule has 0 spiro atoms. The number of halogens is 2. The first-order valence-corrected chi connectivity index (χ1v) is 7.63. The van der Waals surface area contributed by atoms with Crippen LogP contribution in [0.1, 0.15) is 0 Å². The third kappa shape index (κ3) is 3.38. The minimum absolute atomic E-state index is 0.105. The van der Waals surface area contributed by atoms with Crippen LogP contribution in [-0.4, -0.2) is 10.5 Å². The van der Waals surface area contributed by atoms with Gasteiger partial charge in [0.25, 0.3) is 5.56 Å². The summed E-state index contributed by atoms with van der Waals surface area (Å²) in [6, 6.07) is 13.8. The molecular formula is C17H12Cl2N2O2. The summed E-state index contributed by atoms with van der Waals surface area (Å²) in [7, 11) is 0. The van der Waals surface area contributed by atoms with Crippen molar-refractivity contribution in [3.8, 4) is 0 Å². The van der Waals surface area contributed by atoms with E-state index < -0.39 is 0 Å². The van der Waals surface area contributed by atoms with Gasteiger partial charge < -0.3 is 9.88 Å². The molecule has 0 bridgehead atoms. The fourth-order valence-corrected chi connectivity index (χ4v) is 2.63. The predicted octanol–water partition coefficient (Wildman–Crippen LogP) is 3.95. The fourth-order valence-electron chi connectivity index (χ4n) is 2.29. The number of hydrogen-bond donors (Lipinski definition) is 1. The van der Waals surface area contributed by atoms with Gasteiger partial charge in [0, 0.05) is 16.6 Å². The molecule has 23 heavy (non-hydrogen) atoms. The second kappa shape index (κ2) is 6.44. The van der Waals surface area contributed by atoms with E-state index in [0.29, 0.717) is 21.1 Å². The number of pyridine rings is 1. The minimum atomic E-state index is -0.355. The Morgan fingerprint density at radius 1 is 1.09 bits per heavy atom. The van der Waals surface area contributed by atoms with Gasteiger partial charge in [-0.25, -0.2) is 0 Å². The van der Waals surface area contributed by atoms with Crippen LogP contribution in [0.3, 0.4) is 0 Å². The second-order valence-electron chi connectivity index (χ2n) is 5.01. The number of carbonyl (C=O) groups excluding carboxylic acids is 1. The smallest absolute Gasteiger partial charge is 0.258 e. The predicted molar refractivity (Wildman–Crippen MR) is 93.3 cm³/mol. The van der Waals surface area contributed by atoms with Gasteiger partial charge in [0.2, 0.25) is 5.91 Å². The standard InChI is InChI=1S/C17H12Cl2N2O2/c18-12-5-6-14(19)15(9-12)20-16(22)10-21-8-7-11-3-1-2-4-13(11)17(21)23/h1-9H,10H2,(H,20,22). The average Bonchev–Trinajstić information content (AvgIpc) is 2.54. The SMILES string of the molecule is O=C(Cn1ccc2ccccc2c1=O)Nc1cc(Cl)ccc1Cl. The van der Waals surface area contributed by atoms with E-state index in [4.69, 9.17) is 23.2 Å². The van der Waals surface area contributed by atoms with Crippen molar-refractivity contribution in [2.75, 3.05) is 5.32 Å². The molecule has 0 saturated carbocycles. The fraction of sp³-hybridized carbons (Fsp3) is 0.0588. The summed E-state index contributed by atoms with van der Waals surface area (Å²) in [5, 5.41) is 4.92. The summed E-state index contributed by atoms with van der Waals surface area (Å²) in [5.41, 5.74) is 0.202. The first-order chi connectivity index (χ1) is 11.0. The monoisotopic (exact) mass is 346 g/mol. The molecule has 2 aromatic carbocycles. The third-order valence-electron chi connectivity index (χ3n) is 3.40. The van der Waals surface area contributed by atoms with Crippen LogP contribution in [0.25, 0.3) is 10.8 Å². The molecule has 0 fully saturated rings. The van der Waals surface area contributed by atoms with Gasteiger partial charge in [-0.05, 0) is 35.7 Å². The summed E-state index contributed by atoms with van der Waals surface area (Å²) in [5.74, 6) is -0.355. The zero-order valence-electron chi connectivity index (χ0n) is 11.9. The van der Waals surface area contributed by atoms with Crippen LogP contribution in [0.2, 0.25) is 10.0 Å². The maximum absolute atomic E-state index is 12.4. The van der Waals surface area contributed by atoms with E-state index in [-0.39, 0.29) is 18.0 Å². The van der Waals surface area contributed by atoms with Gasteiger partial charge in [-0.1, -0.05) is 41.4 Å². The van der Waals surface area contributed by atoms with E-state index in [1.807, 2.05) is 12.1 Å². The quantitative estimate of drug-likeness (QED) is 0.780. The Morgan fingerprint density at radius 2 is 1.87 bits per heavy atom. The van der Waals surface area contributed by atoms with Crippen molar-refractivity contribution in [2.24, 2.45) is 0 Å². The molecule has 0 aliphatic rings. The molecular weight excluding hydrogens is 335 g/mol. The highest BCUT2D eigenvalue weighted by atomic mass is 35.5. The number of anilines is 1. The van der Waals surface area contributed by atoms with Crippen molar-refractivity contribution < 1.29 is 4.79 Å². The summed E-state index contributed by atoms with van der Waals surface area (Å²) >= 11 is 11.9. The number of rotatable bonds is 3.